The number of hydrogen-bond acceptors (Lipinski definition) is 8. The van der Waals surface area contributed by atoms with Gasteiger partial charge in [-0.25, -0.2) is 4.98 Å². The number of hydrogen-bond donors (Lipinski definition) is 2. The van der Waals surface area contributed by atoms with Gasteiger partial charge in [-0.1, -0.05) is 55.9 Å². The summed E-state index contributed by atoms with van der Waals surface area (Å²) in [6.07, 6.45) is 1.63. The van der Waals surface area contributed by atoms with Crippen molar-refractivity contribution in [2.75, 3.05) is 23.7 Å². The number of aromatic nitrogens is 6. The Morgan fingerprint density at radius 1 is 1.04 bits per heavy atom. The molecule has 142 valence electrons. The molecule has 27 heavy (non-hydrogen) atoms. The highest BCUT2D eigenvalue weighted by Gasteiger charge is 2.11. The molecule has 0 amide bonds. The fraction of sp³-hybridized carbons (Fsp3) is 0.389. The van der Waals surface area contributed by atoms with Crippen molar-refractivity contribution >= 4 is 23.7 Å². The van der Waals surface area contributed by atoms with Gasteiger partial charge in [0.25, 0.3) is 5.95 Å². The largest absolute Gasteiger partial charge is 0.354 e. The van der Waals surface area contributed by atoms with Crippen molar-refractivity contribution in [1.82, 2.24) is 29.7 Å². The monoisotopic (exact) mass is 384 g/mol. The zero-order chi connectivity index (χ0) is 19.1. The van der Waals surface area contributed by atoms with Crippen molar-refractivity contribution in [2.24, 2.45) is 5.92 Å². The van der Waals surface area contributed by atoms with Crippen LogP contribution in [-0.2, 0) is 5.75 Å². The van der Waals surface area contributed by atoms with Crippen LogP contribution in [0.25, 0.3) is 5.95 Å². The molecule has 0 unspecified atom stereocenters. The van der Waals surface area contributed by atoms with Gasteiger partial charge in [0.1, 0.15) is 6.33 Å². The van der Waals surface area contributed by atoms with Gasteiger partial charge in [-0.2, -0.15) is 19.6 Å². The standard InChI is InChI=1S/C18H24N8S/c1-4-19-15-22-16(20-10-13(2)3)24-17(23-15)26-12-21-18(25-26)27-11-14-8-6-5-7-9-14/h5-9,12-13H,4,10-11H2,1-3H3,(H2,19,20,22,23,24). The Hall–Kier alpha value is -2.68. The lowest BCUT2D eigenvalue weighted by molar-refractivity contribution is 0.681. The van der Waals surface area contributed by atoms with Crippen LogP contribution in [0.4, 0.5) is 11.9 Å². The topological polar surface area (TPSA) is 93.4 Å². The van der Waals surface area contributed by atoms with Crippen LogP contribution in [0.1, 0.15) is 26.3 Å². The van der Waals surface area contributed by atoms with Gasteiger partial charge >= 0.3 is 0 Å². The summed E-state index contributed by atoms with van der Waals surface area (Å²) in [5, 5.41) is 11.5. The summed E-state index contributed by atoms with van der Waals surface area (Å²) in [7, 11) is 0. The van der Waals surface area contributed by atoms with Gasteiger partial charge in [-0.3, -0.25) is 0 Å². The summed E-state index contributed by atoms with van der Waals surface area (Å²) in [5.41, 5.74) is 1.23. The predicted octanol–water partition coefficient (Wildman–Crippen LogP) is 3.24. The third-order valence-corrected chi connectivity index (χ3v) is 4.44. The number of rotatable bonds is 9. The first kappa shape index (κ1) is 19.1. The maximum atomic E-state index is 4.49. The van der Waals surface area contributed by atoms with E-state index in [1.54, 1.807) is 22.8 Å². The van der Waals surface area contributed by atoms with E-state index in [0.717, 1.165) is 18.8 Å². The Morgan fingerprint density at radius 3 is 2.48 bits per heavy atom. The molecule has 0 saturated carbocycles. The first-order valence-corrected chi connectivity index (χ1v) is 9.95. The number of nitrogens with zero attached hydrogens (tertiary/aromatic N) is 6. The minimum absolute atomic E-state index is 0.436. The number of anilines is 2. The van der Waals surface area contributed by atoms with E-state index in [0.29, 0.717) is 28.9 Å². The summed E-state index contributed by atoms with van der Waals surface area (Å²) >= 11 is 1.58. The van der Waals surface area contributed by atoms with Crippen molar-refractivity contribution in [3.63, 3.8) is 0 Å². The van der Waals surface area contributed by atoms with E-state index in [1.165, 1.54) is 5.56 Å². The van der Waals surface area contributed by atoms with Gasteiger partial charge in [0.15, 0.2) is 0 Å². The molecule has 0 atom stereocenters. The van der Waals surface area contributed by atoms with Gasteiger partial charge < -0.3 is 10.6 Å². The highest BCUT2D eigenvalue weighted by molar-refractivity contribution is 7.98. The minimum atomic E-state index is 0.436. The Bertz CT molecular complexity index is 850. The molecule has 0 saturated heterocycles. The molecule has 8 nitrogen and oxygen atoms in total. The molecule has 1 aromatic carbocycles. The van der Waals surface area contributed by atoms with E-state index in [4.69, 9.17) is 0 Å². The van der Waals surface area contributed by atoms with Crippen LogP contribution in [0, 0.1) is 5.92 Å². The van der Waals surface area contributed by atoms with Crippen molar-refractivity contribution in [1.29, 1.82) is 0 Å². The van der Waals surface area contributed by atoms with Gasteiger partial charge in [-0.15, -0.1) is 5.10 Å². The molecule has 0 aliphatic rings. The lowest BCUT2D eigenvalue weighted by Crippen LogP contribution is -2.15. The predicted molar refractivity (Wildman–Crippen MR) is 108 cm³/mol. The van der Waals surface area contributed by atoms with Crippen molar-refractivity contribution in [3.8, 4) is 5.95 Å². The highest BCUT2D eigenvalue weighted by atomic mass is 32.2. The second-order valence-corrected chi connectivity index (χ2v) is 7.28. The molecule has 9 heteroatoms. The van der Waals surface area contributed by atoms with E-state index in [2.05, 4.69) is 61.6 Å². The molecule has 2 N–H and O–H groups in total. The SMILES string of the molecule is CCNc1nc(NCC(C)C)nc(-n2cnc(SCc3ccccc3)n2)n1. The molecule has 0 aliphatic carbocycles. The molecule has 0 bridgehead atoms. The minimum Gasteiger partial charge on any atom is -0.354 e. The van der Waals surface area contributed by atoms with Crippen molar-refractivity contribution in [2.45, 2.75) is 31.7 Å². The first-order chi connectivity index (χ1) is 13.1. The highest BCUT2D eigenvalue weighted by Crippen LogP contribution is 2.19. The zero-order valence-electron chi connectivity index (χ0n) is 15.8. The number of nitrogens with one attached hydrogen (secondary N) is 2. The van der Waals surface area contributed by atoms with E-state index < -0.39 is 0 Å². The molecule has 0 aliphatic heterocycles. The molecule has 2 heterocycles. The molecule has 0 radical (unpaired) electrons. The lowest BCUT2D eigenvalue weighted by Gasteiger charge is -2.10. The summed E-state index contributed by atoms with van der Waals surface area (Å²) in [5.74, 6) is 2.78. The van der Waals surface area contributed by atoms with Gasteiger partial charge in [0.05, 0.1) is 0 Å². The number of benzene rings is 1. The molecular weight excluding hydrogens is 360 g/mol. The van der Waals surface area contributed by atoms with E-state index in [1.807, 2.05) is 25.1 Å². The Morgan fingerprint density at radius 2 is 1.78 bits per heavy atom. The molecular formula is C18H24N8S. The van der Waals surface area contributed by atoms with E-state index >= 15 is 0 Å². The Kier molecular flexibility index (Phi) is 6.59. The third-order valence-electron chi connectivity index (χ3n) is 3.51. The second kappa shape index (κ2) is 9.31. The third kappa shape index (κ3) is 5.65. The molecule has 3 rings (SSSR count). The van der Waals surface area contributed by atoms with Crippen LogP contribution in [-0.4, -0.2) is 42.8 Å². The molecule has 3 aromatic rings. The van der Waals surface area contributed by atoms with Crippen LogP contribution in [0.5, 0.6) is 0 Å². The maximum Gasteiger partial charge on any atom is 0.258 e. The molecule has 2 aromatic heterocycles. The number of thioether (sulfide) groups is 1. The van der Waals surface area contributed by atoms with Gasteiger partial charge in [0, 0.05) is 18.8 Å². The van der Waals surface area contributed by atoms with Gasteiger partial charge in [0.2, 0.25) is 17.1 Å². The van der Waals surface area contributed by atoms with Crippen LogP contribution in [0.2, 0.25) is 0 Å². The normalized spacial score (nSPS) is 11.0. The summed E-state index contributed by atoms with van der Waals surface area (Å²) in [6, 6.07) is 10.2. The van der Waals surface area contributed by atoms with E-state index in [-0.39, 0.29) is 0 Å². The first-order valence-electron chi connectivity index (χ1n) is 8.96. The van der Waals surface area contributed by atoms with Crippen molar-refractivity contribution in [3.05, 3.63) is 42.2 Å². The van der Waals surface area contributed by atoms with E-state index in [9.17, 15) is 0 Å². The molecule has 0 spiro atoms. The lowest BCUT2D eigenvalue weighted by atomic mass is 10.2. The van der Waals surface area contributed by atoms with Crippen LogP contribution in [0.3, 0.4) is 0 Å². The fourth-order valence-corrected chi connectivity index (χ4v) is 2.97. The van der Waals surface area contributed by atoms with Crippen LogP contribution in [0.15, 0.2) is 41.8 Å². The average Bonchev–Trinajstić information content (AvgIpc) is 3.15. The zero-order valence-corrected chi connectivity index (χ0v) is 16.6. The Balaban J connectivity index is 1.75. The second-order valence-electron chi connectivity index (χ2n) is 6.33. The summed E-state index contributed by atoms with van der Waals surface area (Å²) < 4.78 is 1.58. The smallest absolute Gasteiger partial charge is 0.258 e. The fourth-order valence-electron chi connectivity index (χ4n) is 2.21. The quantitative estimate of drug-likeness (QED) is 0.543. The van der Waals surface area contributed by atoms with Crippen molar-refractivity contribution < 1.29 is 0 Å². The molecule has 0 fully saturated rings. The summed E-state index contributed by atoms with van der Waals surface area (Å²) in [4.78, 5) is 17.7. The Labute approximate surface area is 163 Å². The van der Waals surface area contributed by atoms with Gasteiger partial charge in [-0.05, 0) is 18.4 Å². The van der Waals surface area contributed by atoms with Crippen LogP contribution >= 0.6 is 11.8 Å². The van der Waals surface area contributed by atoms with Crippen LogP contribution < -0.4 is 10.6 Å². The summed E-state index contributed by atoms with van der Waals surface area (Å²) in [6.45, 7) is 7.77. The maximum absolute atomic E-state index is 4.49. The average molecular weight is 385 g/mol.